The Labute approximate surface area is 113 Å². The van der Waals surface area contributed by atoms with Crippen LogP contribution in [0, 0.1) is 5.82 Å². The first-order chi connectivity index (χ1) is 9.74. The third kappa shape index (κ3) is 2.35. The molecule has 2 heterocycles. The number of halogens is 1. The topological polar surface area (TPSA) is 60.9 Å². The lowest BCUT2D eigenvalue weighted by atomic mass is 10.2. The molecule has 0 saturated carbocycles. The van der Waals surface area contributed by atoms with E-state index in [4.69, 9.17) is 0 Å². The van der Waals surface area contributed by atoms with Crippen LogP contribution in [-0.2, 0) is 6.54 Å². The van der Waals surface area contributed by atoms with Gasteiger partial charge in [0.05, 0.1) is 6.54 Å². The van der Waals surface area contributed by atoms with Crippen molar-refractivity contribution in [2.45, 2.75) is 6.54 Å². The van der Waals surface area contributed by atoms with Crippen LogP contribution in [-0.4, -0.2) is 14.7 Å². The number of hydrogen-bond acceptors (Lipinski definition) is 4. The minimum atomic E-state index is -0.602. The molecule has 0 aliphatic rings. The van der Waals surface area contributed by atoms with E-state index in [1.54, 1.807) is 36.5 Å². The van der Waals surface area contributed by atoms with Crippen LogP contribution in [0.15, 0.2) is 58.0 Å². The Bertz CT molecular complexity index is 780. The molecule has 5 nitrogen and oxygen atoms in total. The molecule has 0 aliphatic carbocycles. The highest BCUT2D eigenvalue weighted by Gasteiger charge is 2.14. The fourth-order valence-electron chi connectivity index (χ4n) is 1.90. The summed E-state index contributed by atoms with van der Waals surface area (Å²) >= 11 is 0. The maximum absolute atomic E-state index is 13.2. The van der Waals surface area contributed by atoms with Gasteiger partial charge in [0.1, 0.15) is 11.5 Å². The molecule has 20 heavy (non-hydrogen) atoms. The second kappa shape index (κ2) is 5.08. The second-order valence-electron chi connectivity index (χ2n) is 4.20. The highest BCUT2D eigenvalue weighted by Crippen LogP contribution is 2.14. The van der Waals surface area contributed by atoms with E-state index in [2.05, 4.69) is 14.7 Å². The zero-order valence-electron chi connectivity index (χ0n) is 10.4. The van der Waals surface area contributed by atoms with E-state index in [1.165, 1.54) is 16.7 Å². The van der Waals surface area contributed by atoms with Gasteiger partial charge < -0.3 is 0 Å². The van der Waals surface area contributed by atoms with Crippen LogP contribution in [0.2, 0.25) is 0 Å². The number of nitrogens with zero attached hydrogens (tertiary/aromatic N) is 3. The van der Waals surface area contributed by atoms with Crippen molar-refractivity contribution in [3.8, 4) is 11.5 Å². The van der Waals surface area contributed by atoms with E-state index in [9.17, 15) is 9.18 Å². The molecule has 0 bridgehead atoms. The molecule has 0 atom stereocenters. The normalized spacial score (nSPS) is 10.7. The number of aromatic nitrogens is 3. The van der Waals surface area contributed by atoms with Crippen LogP contribution in [0.3, 0.4) is 0 Å². The molecule has 0 saturated heterocycles. The summed E-state index contributed by atoms with van der Waals surface area (Å²) in [6.45, 7) is 0.173. The van der Waals surface area contributed by atoms with Crippen LogP contribution in [0.1, 0.15) is 5.56 Å². The highest BCUT2D eigenvalue weighted by molar-refractivity contribution is 5.48. The maximum Gasteiger partial charge on any atom is 0.442 e. The van der Waals surface area contributed by atoms with Crippen LogP contribution in [0.5, 0.6) is 0 Å². The molecule has 1 aromatic carbocycles. The Hall–Kier alpha value is -2.76. The van der Waals surface area contributed by atoms with Crippen LogP contribution < -0.4 is 5.76 Å². The molecule has 2 aromatic heterocycles. The van der Waals surface area contributed by atoms with Gasteiger partial charge in [-0.1, -0.05) is 23.4 Å². The van der Waals surface area contributed by atoms with Crippen LogP contribution in [0.25, 0.3) is 11.5 Å². The zero-order valence-corrected chi connectivity index (χ0v) is 10.4. The molecule has 0 unspecified atom stereocenters. The molecule has 3 rings (SSSR count). The Kier molecular flexibility index (Phi) is 3.12. The molecule has 0 radical (unpaired) electrons. The number of hydrogen-bond donors (Lipinski definition) is 0. The Morgan fingerprint density at radius 2 is 2.10 bits per heavy atom. The van der Waals surface area contributed by atoms with E-state index in [0.717, 1.165) is 0 Å². The standard InChI is InChI=1S/C14H10FN3O2/c15-11-5-3-4-10(8-11)9-18-13(17-20-14(18)19)12-6-1-2-7-16-12/h1-8H,9H2. The lowest BCUT2D eigenvalue weighted by Crippen LogP contribution is -2.16. The van der Waals surface area contributed by atoms with Crippen molar-refractivity contribution in [1.29, 1.82) is 0 Å². The maximum atomic E-state index is 13.2. The molecule has 0 N–H and O–H groups in total. The van der Waals surface area contributed by atoms with E-state index in [1.807, 2.05) is 0 Å². The first kappa shape index (κ1) is 12.3. The highest BCUT2D eigenvalue weighted by atomic mass is 19.1. The van der Waals surface area contributed by atoms with Gasteiger partial charge in [0, 0.05) is 6.20 Å². The summed E-state index contributed by atoms with van der Waals surface area (Å²) in [4.78, 5) is 15.8. The summed E-state index contributed by atoms with van der Waals surface area (Å²) in [6, 6.07) is 11.3. The van der Waals surface area contributed by atoms with Gasteiger partial charge in [-0.2, -0.15) is 0 Å². The summed E-state index contributed by atoms with van der Waals surface area (Å²) in [5.41, 5.74) is 1.17. The average molecular weight is 271 g/mol. The van der Waals surface area contributed by atoms with E-state index in [0.29, 0.717) is 17.1 Å². The Morgan fingerprint density at radius 3 is 2.85 bits per heavy atom. The first-order valence-electron chi connectivity index (χ1n) is 5.96. The summed E-state index contributed by atoms with van der Waals surface area (Å²) in [5, 5.41) is 3.72. The molecular formula is C14H10FN3O2. The van der Waals surface area contributed by atoms with Crippen molar-refractivity contribution >= 4 is 0 Å². The van der Waals surface area contributed by atoms with E-state index >= 15 is 0 Å². The first-order valence-corrected chi connectivity index (χ1v) is 5.96. The zero-order chi connectivity index (χ0) is 13.9. The molecular weight excluding hydrogens is 261 g/mol. The lowest BCUT2D eigenvalue weighted by molar-refractivity contribution is 0.378. The summed E-state index contributed by atoms with van der Waals surface area (Å²) in [5.74, 6) is -0.638. The van der Waals surface area contributed by atoms with E-state index in [-0.39, 0.29) is 12.4 Å². The van der Waals surface area contributed by atoms with Gasteiger partial charge >= 0.3 is 5.76 Å². The molecule has 6 heteroatoms. The quantitative estimate of drug-likeness (QED) is 0.731. The van der Waals surface area contributed by atoms with Gasteiger partial charge in [0.15, 0.2) is 0 Å². The van der Waals surface area contributed by atoms with Gasteiger partial charge in [-0.05, 0) is 29.8 Å². The second-order valence-corrected chi connectivity index (χ2v) is 4.20. The van der Waals surface area contributed by atoms with Gasteiger partial charge in [-0.25, -0.2) is 9.18 Å². The smallest absolute Gasteiger partial charge is 0.295 e. The monoisotopic (exact) mass is 271 g/mol. The van der Waals surface area contributed by atoms with Gasteiger partial charge in [0.2, 0.25) is 5.82 Å². The Balaban J connectivity index is 2.02. The minimum absolute atomic E-state index is 0.173. The van der Waals surface area contributed by atoms with Gasteiger partial charge in [-0.3, -0.25) is 14.1 Å². The fraction of sp³-hybridized carbons (Fsp3) is 0.0714. The third-order valence-electron chi connectivity index (χ3n) is 2.81. The molecule has 0 fully saturated rings. The van der Waals surface area contributed by atoms with E-state index < -0.39 is 5.76 Å². The van der Waals surface area contributed by atoms with Crippen molar-refractivity contribution < 1.29 is 8.91 Å². The van der Waals surface area contributed by atoms with Crippen molar-refractivity contribution in [3.63, 3.8) is 0 Å². The molecule has 3 aromatic rings. The number of rotatable bonds is 3. The summed E-state index contributed by atoms with van der Waals surface area (Å²) in [7, 11) is 0. The van der Waals surface area contributed by atoms with Gasteiger partial charge in [-0.15, -0.1) is 0 Å². The average Bonchev–Trinajstić information content (AvgIpc) is 2.81. The SMILES string of the molecule is O=c1onc(-c2ccccn2)n1Cc1cccc(F)c1. The largest absolute Gasteiger partial charge is 0.442 e. The Morgan fingerprint density at radius 1 is 1.20 bits per heavy atom. The predicted octanol–water partition coefficient (Wildman–Crippen LogP) is 2.09. The minimum Gasteiger partial charge on any atom is -0.295 e. The predicted molar refractivity (Wildman–Crippen MR) is 69.5 cm³/mol. The summed E-state index contributed by atoms with van der Waals surface area (Å²) < 4.78 is 19.2. The fourth-order valence-corrected chi connectivity index (χ4v) is 1.90. The van der Waals surface area contributed by atoms with Gasteiger partial charge in [0.25, 0.3) is 0 Å². The van der Waals surface area contributed by atoms with Crippen molar-refractivity contribution in [2.24, 2.45) is 0 Å². The molecule has 100 valence electrons. The number of pyridine rings is 1. The molecule has 0 amide bonds. The van der Waals surface area contributed by atoms with Crippen molar-refractivity contribution in [3.05, 3.63) is 70.6 Å². The van der Waals surface area contributed by atoms with Crippen molar-refractivity contribution in [1.82, 2.24) is 14.7 Å². The lowest BCUT2D eigenvalue weighted by Gasteiger charge is -2.04. The number of benzene rings is 1. The molecule has 0 aliphatic heterocycles. The van der Waals surface area contributed by atoms with Crippen LogP contribution in [0.4, 0.5) is 4.39 Å². The van der Waals surface area contributed by atoms with Crippen LogP contribution >= 0.6 is 0 Å². The summed E-state index contributed by atoms with van der Waals surface area (Å²) in [6.07, 6.45) is 1.60. The van der Waals surface area contributed by atoms with Crippen molar-refractivity contribution in [2.75, 3.05) is 0 Å². The molecule has 0 spiro atoms. The third-order valence-corrected chi connectivity index (χ3v) is 2.81.